The highest BCUT2D eigenvalue weighted by atomic mass is 33.1. The Morgan fingerprint density at radius 2 is 0.923 bits per heavy atom. The summed E-state index contributed by atoms with van der Waals surface area (Å²) in [6.45, 7) is 20.2. The third-order valence-corrected chi connectivity index (χ3v) is 6.84. The Balaban J connectivity index is 4.33. The van der Waals surface area contributed by atoms with Crippen molar-refractivity contribution in [3.05, 3.63) is 0 Å². The lowest BCUT2D eigenvalue weighted by molar-refractivity contribution is 0.0512. The third-order valence-electron chi connectivity index (χ3n) is 2.61. The van der Waals surface area contributed by atoms with Gasteiger partial charge in [-0.3, -0.25) is 0 Å². The summed E-state index contributed by atoms with van der Waals surface area (Å²) in [4.78, 5) is 23.6. The zero-order valence-electron chi connectivity index (χ0n) is 17.9. The van der Waals surface area contributed by atoms with Crippen LogP contribution >= 0.6 is 21.6 Å². The van der Waals surface area contributed by atoms with Crippen molar-refractivity contribution in [2.24, 2.45) is 0 Å². The lowest BCUT2D eigenvalue weighted by Gasteiger charge is -2.31. The summed E-state index contributed by atoms with van der Waals surface area (Å²) in [7, 11) is 3.33. The fraction of sp³-hybridized carbons (Fsp3) is 0.889. The first kappa shape index (κ1) is 25.2. The van der Waals surface area contributed by atoms with Crippen LogP contribution in [-0.4, -0.2) is 46.0 Å². The van der Waals surface area contributed by atoms with E-state index in [-0.39, 0.29) is 9.49 Å². The zero-order valence-corrected chi connectivity index (χ0v) is 19.5. The zero-order chi connectivity index (χ0) is 20.8. The number of nitrogens with one attached hydrogen (secondary N) is 2. The van der Waals surface area contributed by atoms with Crippen molar-refractivity contribution in [3.63, 3.8) is 0 Å². The number of carbonyl (C=O) groups is 2. The minimum Gasteiger partial charge on any atom is -0.444 e. The van der Waals surface area contributed by atoms with Crippen molar-refractivity contribution in [1.82, 2.24) is 10.6 Å². The molecule has 0 heterocycles. The number of alkyl carbamates (subject to hydrolysis) is 2. The van der Waals surface area contributed by atoms with Gasteiger partial charge in [0, 0.05) is 22.6 Å². The molecule has 0 spiro atoms. The van der Waals surface area contributed by atoms with Crippen LogP contribution in [0.25, 0.3) is 0 Å². The predicted octanol–water partition coefficient (Wildman–Crippen LogP) is 4.97. The molecule has 0 saturated carbocycles. The monoisotopic (exact) mass is 408 g/mol. The van der Waals surface area contributed by atoms with Crippen LogP contribution in [0.4, 0.5) is 9.59 Å². The molecule has 0 rings (SSSR count). The van der Waals surface area contributed by atoms with E-state index in [1.165, 1.54) is 0 Å². The van der Waals surface area contributed by atoms with E-state index >= 15 is 0 Å². The summed E-state index contributed by atoms with van der Waals surface area (Å²) in [6, 6.07) is 0. The van der Waals surface area contributed by atoms with Crippen LogP contribution in [0.15, 0.2) is 0 Å². The van der Waals surface area contributed by atoms with Gasteiger partial charge in [-0.15, -0.1) is 0 Å². The van der Waals surface area contributed by atoms with E-state index in [4.69, 9.17) is 9.47 Å². The molecule has 26 heavy (non-hydrogen) atoms. The maximum atomic E-state index is 11.8. The Morgan fingerprint density at radius 3 is 1.15 bits per heavy atom. The van der Waals surface area contributed by atoms with E-state index in [0.29, 0.717) is 13.1 Å². The fourth-order valence-corrected chi connectivity index (χ4v) is 3.90. The van der Waals surface area contributed by atoms with Gasteiger partial charge in [0.2, 0.25) is 0 Å². The molecule has 0 aliphatic heterocycles. The van der Waals surface area contributed by atoms with Crippen LogP contribution in [0, 0.1) is 0 Å². The summed E-state index contributed by atoms with van der Waals surface area (Å²) < 4.78 is 10.1. The average molecular weight is 409 g/mol. The van der Waals surface area contributed by atoms with E-state index < -0.39 is 23.4 Å². The second kappa shape index (κ2) is 9.44. The van der Waals surface area contributed by atoms with E-state index in [1.54, 1.807) is 21.6 Å². The highest BCUT2D eigenvalue weighted by Crippen LogP contribution is 2.43. The highest BCUT2D eigenvalue weighted by Gasteiger charge is 2.28. The first-order chi connectivity index (χ1) is 11.4. The lowest BCUT2D eigenvalue weighted by Crippen LogP contribution is -2.41. The van der Waals surface area contributed by atoms with Crippen molar-refractivity contribution >= 4 is 33.8 Å². The molecule has 0 aromatic carbocycles. The second-order valence-corrected chi connectivity index (χ2v) is 12.9. The number of carbonyl (C=O) groups excluding carboxylic acids is 2. The predicted molar refractivity (Wildman–Crippen MR) is 112 cm³/mol. The van der Waals surface area contributed by atoms with Gasteiger partial charge in [0.15, 0.2) is 0 Å². The Bertz CT molecular complexity index is 437. The molecule has 0 bridgehead atoms. The summed E-state index contributed by atoms with van der Waals surface area (Å²) in [5, 5.41) is 5.61. The Kier molecular flexibility index (Phi) is 9.16. The Hall–Kier alpha value is -0.760. The first-order valence-corrected chi connectivity index (χ1v) is 10.9. The smallest absolute Gasteiger partial charge is 0.407 e. The lowest BCUT2D eigenvalue weighted by atomic mass is 10.2. The van der Waals surface area contributed by atoms with E-state index in [2.05, 4.69) is 38.3 Å². The number of rotatable bonds is 7. The van der Waals surface area contributed by atoms with Crippen LogP contribution in [0.3, 0.4) is 0 Å². The summed E-state index contributed by atoms with van der Waals surface area (Å²) in [5.74, 6) is 0. The minimum absolute atomic E-state index is 0.190. The van der Waals surface area contributed by atoms with Crippen LogP contribution in [0.2, 0.25) is 0 Å². The maximum absolute atomic E-state index is 11.8. The van der Waals surface area contributed by atoms with Crippen molar-refractivity contribution < 1.29 is 19.1 Å². The van der Waals surface area contributed by atoms with E-state index in [0.717, 1.165) is 0 Å². The fourth-order valence-electron chi connectivity index (χ4n) is 1.48. The average Bonchev–Trinajstić information content (AvgIpc) is 2.38. The Morgan fingerprint density at radius 1 is 0.654 bits per heavy atom. The van der Waals surface area contributed by atoms with Crippen LogP contribution in [0.5, 0.6) is 0 Å². The topological polar surface area (TPSA) is 76.7 Å². The summed E-state index contributed by atoms with van der Waals surface area (Å²) >= 11 is 0. The van der Waals surface area contributed by atoms with Crippen LogP contribution in [0.1, 0.15) is 69.2 Å². The molecule has 0 aromatic rings. The Labute approximate surface area is 166 Å². The van der Waals surface area contributed by atoms with Gasteiger partial charge < -0.3 is 20.1 Å². The maximum Gasteiger partial charge on any atom is 0.407 e. The second-order valence-electron chi connectivity index (χ2n) is 9.40. The molecular formula is C18H36N2O4S2. The molecule has 0 saturated heterocycles. The molecule has 8 heteroatoms. The number of ether oxygens (including phenoxy) is 2. The van der Waals surface area contributed by atoms with Gasteiger partial charge in [0.05, 0.1) is 0 Å². The van der Waals surface area contributed by atoms with Gasteiger partial charge in [0.25, 0.3) is 0 Å². The summed E-state index contributed by atoms with van der Waals surface area (Å²) in [6.07, 6.45) is -0.830. The van der Waals surface area contributed by atoms with Gasteiger partial charge in [-0.2, -0.15) is 0 Å². The molecule has 0 aromatic heterocycles. The quantitative estimate of drug-likeness (QED) is 0.579. The van der Waals surface area contributed by atoms with Crippen molar-refractivity contribution in [3.8, 4) is 0 Å². The van der Waals surface area contributed by atoms with Gasteiger partial charge in [0.1, 0.15) is 11.2 Å². The molecule has 0 fully saturated rings. The minimum atomic E-state index is -0.508. The van der Waals surface area contributed by atoms with Gasteiger partial charge in [-0.1, -0.05) is 21.6 Å². The van der Waals surface area contributed by atoms with Crippen LogP contribution < -0.4 is 10.6 Å². The molecule has 6 nitrogen and oxygen atoms in total. The van der Waals surface area contributed by atoms with E-state index in [1.807, 2.05) is 41.5 Å². The molecule has 2 N–H and O–H groups in total. The van der Waals surface area contributed by atoms with Crippen molar-refractivity contribution in [1.29, 1.82) is 0 Å². The molecule has 0 atom stereocenters. The first-order valence-electron chi connectivity index (χ1n) is 8.71. The van der Waals surface area contributed by atoms with E-state index in [9.17, 15) is 9.59 Å². The molecule has 154 valence electrons. The largest absolute Gasteiger partial charge is 0.444 e. The molecule has 0 radical (unpaired) electrons. The molecule has 0 aliphatic rings. The summed E-state index contributed by atoms with van der Waals surface area (Å²) in [5.41, 5.74) is -1.02. The standard InChI is InChI=1S/C18H36N2O4S2/c1-15(2,3)23-13(21)19-11-17(7,8)25-26-18(9,10)12-20-14(22)24-16(4,5)6/h11-12H2,1-10H3,(H,19,21)(H,20,22). The molecule has 2 amide bonds. The molecular weight excluding hydrogens is 372 g/mol. The van der Waals surface area contributed by atoms with Crippen LogP contribution in [-0.2, 0) is 9.47 Å². The van der Waals surface area contributed by atoms with Gasteiger partial charge in [-0.25, -0.2) is 9.59 Å². The number of hydrogen-bond acceptors (Lipinski definition) is 6. The highest BCUT2D eigenvalue weighted by molar-refractivity contribution is 8.77. The number of hydrogen-bond donors (Lipinski definition) is 2. The normalized spacial score (nSPS) is 13.2. The van der Waals surface area contributed by atoms with Gasteiger partial charge in [-0.05, 0) is 69.2 Å². The number of amides is 2. The third kappa shape index (κ3) is 14.4. The van der Waals surface area contributed by atoms with Crippen molar-refractivity contribution in [2.45, 2.75) is 89.9 Å². The van der Waals surface area contributed by atoms with Crippen molar-refractivity contribution in [2.75, 3.05) is 13.1 Å². The SMILES string of the molecule is CC(C)(C)OC(=O)NCC(C)(C)SSC(C)(C)CNC(=O)OC(C)(C)C. The van der Waals surface area contributed by atoms with Gasteiger partial charge >= 0.3 is 12.2 Å². The molecule has 0 aliphatic carbocycles. The molecule has 0 unspecified atom stereocenters.